The molecule has 3 nitrogen and oxygen atoms in total. The van der Waals surface area contributed by atoms with E-state index in [2.05, 4.69) is 0 Å². The van der Waals surface area contributed by atoms with Crippen LogP contribution in [0.4, 0.5) is 13.2 Å². The van der Waals surface area contributed by atoms with E-state index >= 15 is 0 Å². The first kappa shape index (κ1) is 15.2. The first-order valence-corrected chi connectivity index (χ1v) is 6.03. The molecule has 2 rings (SSSR count). The lowest BCUT2D eigenvalue weighted by molar-refractivity contribution is -0.138. The zero-order valence-corrected chi connectivity index (χ0v) is 11.1. The Morgan fingerprint density at radius 2 is 1.86 bits per heavy atom. The van der Waals surface area contributed by atoms with Crippen LogP contribution in [0.15, 0.2) is 42.5 Å². The van der Waals surface area contributed by atoms with Gasteiger partial charge in [-0.15, -0.1) is 0 Å². The van der Waals surface area contributed by atoms with Gasteiger partial charge in [0.2, 0.25) is 0 Å². The Morgan fingerprint density at radius 1 is 1.14 bits per heavy atom. The maximum atomic E-state index is 13.0. The van der Waals surface area contributed by atoms with Crippen LogP contribution in [0.25, 0.3) is 0 Å². The lowest BCUT2D eigenvalue weighted by atomic mass is 10.1. The van der Waals surface area contributed by atoms with Gasteiger partial charge in [-0.25, -0.2) is 4.79 Å². The van der Waals surface area contributed by atoms with Gasteiger partial charge in [0.15, 0.2) is 0 Å². The molecule has 0 heterocycles. The third kappa shape index (κ3) is 3.66. The molecule has 21 heavy (non-hydrogen) atoms. The lowest BCUT2D eigenvalue weighted by Crippen LogP contribution is -2.09. The molecule has 0 saturated heterocycles. The number of aromatic carboxylic acids is 1. The van der Waals surface area contributed by atoms with Gasteiger partial charge in [-0.3, -0.25) is 0 Å². The molecule has 0 saturated carbocycles. The summed E-state index contributed by atoms with van der Waals surface area (Å²) in [6, 6.07) is 8.40. The van der Waals surface area contributed by atoms with Crippen LogP contribution in [0, 0.1) is 0 Å². The largest absolute Gasteiger partial charge is 0.478 e. The van der Waals surface area contributed by atoms with Gasteiger partial charge in [0.1, 0.15) is 11.5 Å². The fourth-order valence-electron chi connectivity index (χ4n) is 1.63. The van der Waals surface area contributed by atoms with E-state index in [1.807, 2.05) is 0 Å². The third-order valence-corrected chi connectivity index (χ3v) is 2.79. The van der Waals surface area contributed by atoms with Crippen molar-refractivity contribution in [3.05, 3.63) is 58.6 Å². The highest BCUT2D eigenvalue weighted by atomic mass is 35.5. The summed E-state index contributed by atoms with van der Waals surface area (Å²) in [6.45, 7) is 0. The topological polar surface area (TPSA) is 46.5 Å². The molecule has 0 unspecified atom stereocenters. The van der Waals surface area contributed by atoms with Gasteiger partial charge in [0.25, 0.3) is 0 Å². The molecule has 7 heteroatoms. The number of rotatable bonds is 3. The van der Waals surface area contributed by atoms with Crippen molar-refractivity contribution in [3.8, 4) is 11.5 Å². The van der Waals surface area contributed by atoms with E-state index in [9.17, 15) is 18.0 Å². The number of ether oxygens (including phenoxy) is 1. The number of halogens is 4. The fourth-order valence-corrected chi connectivity index (χ4v) is 1.81. The average molecular weight is 317 g/mol. The van der Waals surface area contributed by atoms with E-state index in [4.69, 9.17) is 21.4 Å². The molecule has 0 fully saturated rings. The van der Waals surface area contributed by atoms with E-state index < -0.39 is 29.0 Å². The van der Waals surface area contributed by atoms with Gasteiger partial charge in [-0.2, -0.15) is 13.2 Å². The zero-order valence-electron chi connectivity index (χ0n) is 10.3. The van der Waals surface area contributed by atoms with Crippen LogP contribution < -0.4 is 4.74 Å². The molecular weight excluding hydrogens is 309 g/mol. The number of hydrogen-bond acceptors (Lipinski definition) is 2. The van der Waals surface area contributed by atoms with Crippen LogP contribution in [-0.4, -0.2) is 11.1 Å². The van der Waals surface area contributed by atoms with E-state index in [1.54, 1.807) is 6.07 Å². The summed E-state index contributed by atoms with van der Waals surface area (Å²) in [5.74, 6) is -1.82. The van der Waals surface area contributed by atoms with Gasteiger partial charge in [-0.1, -0.05) is 17.7 Å². The Hall–Kier alpha value is -2.21. The smallest absolute Gasteiger partial charge is 0.420 e. The van der Waals surface area contributed by atoms with E-state index in [-0.39, 0.29) is 5.75 Å². The normalized spacial score (nSPS) is 11.2. The predicted molar refractivity (Wildman–Crippen MR) is 69.9 cm³/mol. The fraction of sp³-hybridized carbons (Fsp3) is 0.0714. The Morgan fingerprint density at radius 3 is 2.43 bits per heavy atom. The van der Waals surface area contributed by atoms with Crippen LogP contribution >= 0.6 is 11.6 Å². The molecule has 1 N–H and O–H groups in total. The SMILES string of the molecule is O=C(O)c1ccc(Oc2cccc(Cl)c2)c(C(F)(F)F)c1. The van der Waals surface area contributed by atoms with Crippen LogP contribution in [-0.2, 0) is 6.18 Å². The summed E-state index contributed by atoms with van der Waals surface area (Å²) in [4.78, 5) is 10.8. The van der Waals surface area contributed by atoms with Crippen molar-refractivity contribution in [2.24, 2.45) is 0 Å². The highest BCUT2D eigenvalue weighted by molar-refractivity contribution is 6.30. The molecule has 0 spiro atoms. The summed E-state index contributed by atoms with van der Waals surface area (Å²) in [6.07, 6.45) is -4.74. The molecule has 2 aromatic carbocycles. The predicted octanol–water partition coefficient (Wildman–Crippen LogP) is 4.85. The van der Waals surface area contributed by atoms with E-state index in [0.29, 0.717) is 11.1 Å². The van der Waals surface area contributed by atoms with Crippen molar-refractivity contribution in [1.29, 1.82) is 0 Å². The summed E-state index contributed by atoms with van der Waals surface area (Å²) in [5.41, 5.74) is -1.64. The zero-order chi connectivity index (χ0) is 15.6. The van der Waals surface area contributed by atoms with E-state index in [0.717, 1.165) is 12.1 Å². The Bertz CT molecular complexity index is 683. The van der Waals surface area contributed by atoms with Crippen molar-refractivity contribution >= 4 is 17.6 Å². The number of benzene rings is 2. The second-order valence-corrected chi connectivity index (χ2v) is 4.51. The standard InChI is InChI=1S/C14H8ClF3O3/c15-9-2-1-3-10(7-9)21-12-5-4-8(13(19)20)6-11(12)14(16,17)18/h1-7H,(H,19,20). The highest BCUT2D eigenvalue weighted by Crippen LogP contribution is 2.39. The van der Waals surface area contributed by atoms with Gasteiger partial charge >= 0.3 is 12.1 Å². The third-order valence-electron chi connectivity index (χ3n) is 2.56. The molecule has 0 bridgehead atoms. The van der Waals surface area contributed by atoms with Crippen molar-refractivity contribution in [2.45, 2.75) is 6.18 Å². The maximum Gasteiger partial charge on any atom is 0.420 e. The number of carboxylic acid groups (broad SMARTS) is 1. The minimum atomic E-state index is -4.74. The first-order chi connectivity index (χ1) is 9.77. The number of carbonyl (C=O) groups is 1. The second kappa shape index (κ2) is 5.65. The summed E-state index contributed by atoms with van der Waals surface area (Å²) in [5, 5.41) is 9.07. The molecule has 0 amide bonds. The van der Waals surface area contributed by atoms with Gasteiger partial charge in [-0.05, 0) is 36.4 Å². The Balaban J connectivity index is 2.45. The summed E-state index contributed by atoms with van der Waals surface area (Å²) >= 11 is 5.73. The molecule has 0 aromatic heterocycles. The maximum absolute atomic E-state index is 13.0. The van der Waals surface area contributed by atoms with Crippen LogP contribution in [0.3, 0.4) is 0 Å². The molecule has 0 radical (unpaired) electrons. The molecule has 0 aliphatic rings. The Labute approximate surface area is 122 Å². The quantitative estimate of drug-likeness (QED) is 0.880. The minimum absolute atomic E-state index is 0.121. The minimum Gasteiger partial charge on any atom is -0.478 e. The van der Waals surface area contributed by atoms with Crippen molar-refractivity contribution < 1.29 is 27.8 Å². The van der Waals surface area contributed by atoms with E-state index in [1.165, 1.54) is 18.2 Å². The van der Waals surface area contributed by atoms with Gasteiger partial charge in [0, 0.05) is 5.02 Å². The lowest BCUT2D eigenvalue weighted by Gasteiger charge is -2.14. The number of carboxylic acids is 1. The second-order valence-electron chi connectivity index (χ2n) is 4.07. The Kier molecular flexibility index (Phi) is 4.09. The molecule has 0 atom stereocenters. The van der Waals surface area contributed by atoms with Crippen LogP contribution in [0.1, 0.15) is 15.9 Å². The first-order valence-electron chi connectivity index (χ1n) is 5.65. The van der Waals surface area contributed by atoms with Crippen molar-refractivity contribution in [1.82, 2.24) is 0 Å². The van der Waals surface area contributed by atoms with Crippen molar-refractivity contribution in [2.75, 3.05) is 0 Å². The van der Waals surface area contributed by atoms with Crippen LogP contribution in [0.2, 0.25) is 5.02 Å². The average Bonchev–Trinajstić information content (AvgIpc) is 2.37. The summed E-state index contributed by atoms with van der Waals surface area (Å²) < 4.78 is 44.1. The molecule has 0 aliphatic carbocycles. The molecule has 2 aromatic rings. The van der Waals surface area contributed by atoms with Gasteiger partial charge in [0.05, 0.1) is 11.1 Å². The summed E-state index contributed by atoms with van der Waals surface area (Å²) in [7, 11) is 0. The monoisotopic (exact) mass is 316 g/mol. The highest BCUT2D eigenvalue weighted by Gasteiger charge is 2.35. The molecular formula is C14H8ClF3O3. The molecule has 110 valence electrons. The van der Waals surface area contributed by atoms with Crippen LogP contribution in [0.5, 0.6) is 11.5 Å². The number of alkyl halides is 3. The molecule has 0 aliphatic heterocycles. The van der Waals surface area contributed by atoms with Gasteiger partial charge < -0.3 is 9.84 Å². The van der Waals surface area contributed by atoms with Crippen molar-refractivity contribution in [3.63, 3.8) is 0 Å². The number of hydrogen-bond donors (Lipinski definition) is 1.